The highest BCUT2D eigenvalue weighted by Gasteiger charge is 2.07. The maximum Gasteiger partial charge on any atom is 0.229 e. The lowest BCUT2D eigenvalue weighted by molar-refractivity contribution is 0.101. The number of anilines is 4. The molecule has 0 aliphatic heterocycles. The molecule has 3 rings (SSSR count). The Kier molecular flexibility index (Phi) is 5.19. The summed E-state index contributed by atoms with van der Waals surface area (Å²) in [6.07, 6.45) is 0. The van der Waals surface area contributed by atoms with Gasteiger partial charge in [0.1, 0.15) is 5.82 Å². The van der Waals surface area contributed by atoms with E-state index in [1.807, 2.05) is 50.2 Å². The predicted molar refractivity (Wildman–Crippen MR) is 106 cm³/mol. The number of rotatable bonds is 5. The number of benzene rings is 2. The van der Waals surface area contributed by atoms with E-state index >= 15 is 0 Å². The second-order valence-electron chi connectivity index (χ2n) is 6.06. The van der Waals surface area contributed by atoms with Crippen molar-refractivity contribution in [3.63, 3.8) is 0 Å². The first-order valence-electron chi connectivity index (χ1n) is 8.17. The molecule has 0 spiro atoms. The maximum atomic E-state index is 11.5. The van der Waals surface area contributed by atoms with Crippen LogP contribution >= 0.6 is 11.6 Å². The largest absolute Gasteiger partial charge is 0.340 e. The van der Waals surface area contributed by atoms with E-state index in [4.69, 9.17) is 11.6 Å². The summed E-state index contributed by atoms with van der Waals surface area (Å²) in [6.45, 7) is 5.44. The van der Waals surface area contributed by atoms with Gasteiger partial charge in [0, 0.05) is 33.7 Å². The summed E-state index contributed by atoms with van der Waals surface area (Å²) < 4.78 is 0. The lowest BCUT2D eigenvalue weighted by atomic mass is 10.1. The minimum absolute atomic E-state index is 0.0117. The van der Waals surface area contributed by atoms with E-state index in [0.717, 1.165) is 22.6 Å². The summed E-state index contributed by atoms with van der Waals surface area (Å²) in [4.78, 5) is 20.5. The van der Waals surface area contributed by atoms with E-state index in [0.29, 0.717) is 22.4 Å². The lowest BCUT2D eigenvalue weighted by Crippen LogP contribution is -2.03. The van der Waals surface area contributed by atoms with Crippen molar-refractivity contribution in [2.45, 2.75) is 20.8 Å². The summed E-state index contributed by atoms with van der Waals surface area (Å²) >= 11 is 6.08. The van der Waals surface area contributed by atoms with Gasteiger partial charge in [-0.3, -0.25) is 4.79 Å². The van der Waals surface area contributed by atoms with Crippen molar-refractivity contribution in [1.82, 2.24) is 9.97 Å². The van der Waals surface area contributed by atoms with Gasteiger partial charge in [-0.1, -0.05) is 29.8 Å². The van der Waals surface area contributed by atoms with Gasteiger partial charge in [-0.2, -0.15) is 4.98 Å². The van der Waals surface area contributed by atoms with Crippen LogP contribution < -0.4 is 10.6 Å². The zero-order valence-electron chi connectivity index (χ0n) is 14.8. The van der Waals surface area contributed by atoms with Crippen molar-refractivity contribution >= 4 is 40.5 Å². The molecule has 0 atom stereocenters. The van der Waals surface area contributed by atoms with Crippen molar-refractivity contribution in [2.75, 3.05) is 10.6 Å². The van der Waals surface area contributed by atoms with Crippen molar-refractivity contribution in [2.24, 2.45) is 0 Å². The molecular formula is C20H19ClN4O. The lowest BCUT2D eigenvalue weighted by Gasteiger charge is -2.12. The average molecular weight is 367 g/mol. The first-order valence-corrected chi connectivity index (χ1v) is 8.55. The number of nitrogens with zero attached hydrogens (tertiary/aromatic N) is 2. The van der Waals surface area contributed by atoms with Crippen LogP contribution in [0, 0.1) is 13.8 Å². The van der Waals surface area contributed by atoms with Gasteiger partial charge in [0.05, 0.1) is 0 Å². The number of hydrogen-bond donors (Lipinski definition) is 2. The quantitative estimate of drug-likeness (QED) is 0.589. The van der Waals surface area contributed by atoms with Gasteiger partial charge >= 0.3 is 0 Å². The molecule has 2 aromatic carbocycles. The monoisotopic (exact) mass is 366 g/mol. The molecule has 26 heavy (non-hydrogen) atoms. The van der Waals surface area contributed by atoms with Crippen molar-refractivity contribution in [3.05, 3.63) is 70.4 Å². The number of aryl methyl sites for hydroxylation is 2. The number of Topliss-reactive ketones (excluding diaryl/α,β-unsaturated/α-hetero) is 1. The SMILES string of the molecule is CC(=O)c1cccc(Nc2nc(C)cc(Nc3cc(Cl)ccc3C)n2)c1. The fourth-order valence-corrected chi connectivity index (χ4v) is 2.67. The Morgan fingerprint density at radius 1 is 1.00 bits per heavy atom. The van der Waals surface area contributed by atoms with Crippen LogP contribution in [0.3, 0.4) is 0 Å². The standard InChI is InChI=1S/C20H19ClN4O/c1-12-7-8-16(21)11-18(12)24-19-9-13(2)22-20(25-19)23-17-6-4-5-15(10-17)14(3)26/h4-11H,1-3H3,(H2,22,23,24,25). The Morgan fingerprint density at radius 3 is 2.58 bits per heavy atom. The van der Waals surface area contributed by atoms with Crippen LogP contribution in [0.4, 0.5) is 23.1 Å². The predicted octanol–water partition coefficient (Wildman–Crippen LogP) is 5.44. The Bertz CT molecular complexity index is 972. The summed E-state index contributed by atoms with van der Waals surface area (Å²) in [5, 5.41) is 7.09. The van der Waals surface area contributed by atoms with Gasteiger partial charge in [-0.05, 0) is 50.6 Å². The molecule has 2 N–H and O–H groups in total. The minimum Gasteiger partial charge on any atom is -0.340 e. The minimum atomic E-state index is 0.0117. The molecule has 5 nitrogen and oxygen atoms in total. The molecule has 0 radical (unpaired) electrons. The molecule has 1 heterocycles. The number of carbonyl (C=O) groups excluding carboxylic acids is 1. The third-order valence-corrected chi connectivity index (χ3v) is 4.08. The molecule has 0 saturated heterocycles. The van der Waals surface area contributed by atoms with Crippen LogP contribution in [0.25, 0.3) is 0 Å². The highest BCUT2D eigenvalue weighted by atomic mass is 35.5. The summed E-state index contributed by atoms with van der Waals surface area (Å²) in [5.74, 6) is 1.12. The van der Waals surface area contributed by atoms with E-state index in [-0.39, 0.29) is 5.78 Å². The Morgan fingerprint density at radius 2 is 1.81 bits per heavy atom. The molecule has 0 unspecified atom stereocenters. The van der Waals surface area contributed by atoms with Gasteiger partial charge < -0.3 is 10.6 Å². The van der Waals surface area contributed by atoms with Crippen LogP contribution in [0.5, 0.6) is 0 Å². The van der Waals surface area contributed by atoms with Crippen LogP contribution in [-0.4, -0.2) is 15.8 Å². The fourth-order valence-electron chi connectivity index (χ4n) is 2.50. The van der Waals surface area contributed by atoms with Gasteiger partial charge in [0.15, 0.2) is 5.78 Å². The molecular weight excluding hydrogens is 348 g/mol. The third kappa shape index (κ3) is 4.37. The Labute approximate surface area is 157 Å². The van der Waals surface area contributed by atoms with E-state index < -0.39 is 0 Å². The van der Waals surface area contributed by atoms with E-state index in [2.05, 4.69) is 20.6 Å². The molecule has 0 bridgehead atoms. The number of carbonyl (C=O) groups is 1. The molecule has 1 aromatic heterocycles. The molecule has 132 valence electrons. The summed E-state index contributed by atoms with van der Waals surface area (Å²) in [5.41, 5.74) is 4.16. The number of halogens is 1. The van der Waals surface area contributed by atoms with Crippen molar-refractivity contribution in [3.8, 4) is 0 Å². The van der Waals surface area contributed by atoms with Gasteiger partial charge in [0.2, 0.25) is 5.95 Å². The Hall–Kier alpha value is -2.92. The molecule has 0 amide bonds. The molecule has 6 heteroatoms. The molecule has 0 aliphatic rings. The van der Waals surface area contributed by atoms with Crippen LogP contribution in [0.2, 0.25) is 5.02 Å². The fraction of sp³-hybridized carbons (Fsp3) is 0.150. The maximum absolute atomic E-state index is 11.5. The topological polar surface area (TPSA) is 66.9 Å². The van der Waals surface area contributed by atoms with E-state index in [1.165, 1.54) is 6.92 Å². The molecule has 0 aliphatic carbocycles. The zero-order chi connectivity index (χ0) is 18.7. The Balaban J connectivity index is 1.87. The van der Waals surface area contributed by atoms with Crippen molar-refractivity contribution < 1.29 is 4.79 Å². The number of nitrogens with one attached hydrogen (secondary N) is 2. The number of ketones is 1. The average Bonchev–Trinajstić information content (AvgIpc) is 2.58. The van der Waals surface area contributed by atoms with Gasteiger partial charge in [0.25, 0.3) is 0 Å². The van der Waals surface area contributed by atoms with E-state index in [1.54, 1.807) is 12.1 Å². The summed E-state index contributed by atoms with van der Waals surface area (Å²) in [6, 6.07) is 14.8. The van der Waals surface area contributed by atoms with E-state index in [9.17, 15) is 4.79 Å². The highest BCUT2D eigenvalue weighted by Crippen LogP contribution is 2.25. The number of hydrogen-bond acceptors (Lipinski definition) is 5. The molecule has 3 aromatic rings. The highest BCUT2D eigenvalue weighted by molar-refractivity contribution is 6.30. The van der Waals surface area contributed by atoms with Gasteiger partial charge in [-0.15, -0.1) is 0 Å². The van der Waals surface area contributed by atoms with Crippen LogP contribution in [0.1, 0.15) is 28.5 Å². The number of aromatic nitrogens is 2. The first-order chi connectivity index (χ1) is 12.4. The van der Waals surface area contributed by atoms with Crippen molar-refractivity contribution in [1.29, 1.82) is 0 Å². The smallest absolute Gasteiger partial charge is 0.229 e. The second kappa shape index (κ2) is 7.54. The first kappa shape index (κ1) is 17.9. The molecule has 0 fully saturated rings. The molecule has 0 saturated carbocycles. The normalized spacial score (nSPS) is 10.5. The zero-order valence-corrected chi connectivity index (χ0v) is 15.6. The second-order valence-corrected chi connectivity index (χ2v) is 6.50. The van der Waals surface area contributed by atoms with Crippen LogP contribution in [0.15, 0.2) is 48.5 Å². The van der Waals surface area contributed by atoms with Gasteiger partial charge in [-0.25, -0.2) is 4.98 Å². The third-order valence-electron chi connectivity index (χ3n) is 3.84. The van der Waals surface area contributed by atoms with Crippen LogP contribution in [-0.2, 0) is 0 Å². The summed E-state index contributed by atoms with van der Waals surface area (Å²) in [7, 11) is 0.